The smallest absolute Gasteiger partial charge is 0.303 e. The first kappa shape index (κ1) is 18.4. The van der Waals surface area contributed by atoms with Crippen LogP contribution in [0.25, 0.3) is 0 Å². The molecule has 0 saturated carbocycles. The first-order valence-electron chi connectivity index (χ1n) is 7.04. The van der Waals surface area contributed by atoms with Crippen LogP contribution in [0.3, 0.4) is 0 Å². The quantitative estimate of drug-likeness (QED) is 0.474. The second kappa shape index (κ2) is 10.2. The summed E-state index contributed by atoms with van der Waals surface area (Å²) < 4.78 is 0. The van der Waals surface area contributed by atoms with E-state index in [-0.39, 0.29) is 12.2 Å². The average molecular weight is 278 g/mol. The van der Waals surface area contributed by atoms with Gasteiger partial charge < -0.3 is 5.11 Å². The minimum Gasteiger partial charge on any atom is -0.481 e. The monoisotopic (exact) mass is 278 g/mol. The van der Waals surface area contributed by atoms with Gasteiger partial charge in [0.2, 0.25) is 0 Å². The van der Waals surface area contributed by atoms with Crippen molar-refractivity contribution in [1.29, 1.82) is 0 Å². The van der Waals surface area contributed by atoms with Gasteiger partial charge >= 0.3 is 5.97 Å². The summed E-state index contributed by atoms with van der Waals surface area (Å²) in [6.45, 7) is 9.44. The number of rotatable bonds is 10. The van der Waals surface area contributed by atoms with E-state index in [1.165, 1.54) is 11.1 Å². The Morgan fingerprint density at radius 3 is 1.90 bits per heavy atom. The van der Waals surface area contributed by atoms with E-state index in [4.69, 9.17) is 5.11 Å². The van der Waals surface area contributed by atoms with Gasteiger partial charge in [-0.1, -0.05) is 29.9 Å². The molecule has 0 heterocycles. The van der Waals surface area contributed by atoms with Crippen molar-refractivity contribution in [3.63, 3.8) is 0 Å². The molecule has 20 heavy (non-hydrogen) atoms. The van der Waals surface area contributed by atoms with Crippen LogP contribution in [0.15, 0.2) is 35.5 Å². The Morgan fingerprint density at radius 2 is 1.40 bits per heavy atom. The molecule has 0 saturated heterocycles. The summed E-state index contributed by atoms with van der Waals surface area (Å²) in [5, 5.41) is 8.55. The molecule has 0 atom stereocenters. The van der Waals surface area contributed by atoms with Crippen LogP contribution in [0.1, 0.15) is 59.3 Å². The highest BCUT2D eigenvalue weighted by molar-refractivity contribution is 5.94. The lowest BCUT2D eigenvalue weighted by Crippen LogP contribution is -1.98. The van der Waals surface area contributed by atoms with Crippen LogP contribution < -0.4 is 0 Å². The topological polar surface area (TPSA) is 54.4 Å². The number of hydrogen-bond acceptors (Lipinski definition) is 2. The molecule has 0 radical (unpaired) electrons. The van der Waals surface area contributed by atoms with Crippen LogP contribution >= 0.6 is 0 Å². The molecule has 0 unspecified atom stereocenters. The molecule has 112 valence electrons. The van der Waals surface area contributed by atoms with Crippen molar-refractivity contribution in [2.24, 2.45) is 0 Å². The molecule has 0 aliphatic rings. The summed E-state index contributed by atoms with van der Waals surface area (Å²) in [5.74, 6) is -0.630. The van der Waals surface area contributed by atoms with Crippen molar-refractivity contribution < 1.29 is 14.7 Å². The minimum absolute atomic E-state index is 0.127. The van der Waals surface area contributed by atoms with Crippen molar-refractivity contribution >= 4 is 11.8 Å². The van der Waals surface area contributed by atoms with Gasteiger partial charge in [-0.05, 0) is 52.0 Å². The summed E-state index contributed by atoms with van der Waals surface area (Å²) in [7, 11) is 0. The van der Waals surface area contributed by atoms with Gasteiger partial charge in [-0.15, -0.1) is 0 Å². The lowest BCUT2D eigenvalue weighted by atomic mass is 10.0. The van der Waals surface area contributed by atoms with Crippen molar-refractivity contribution in [2.45, 2.75) is 59.3 Å². The molecule has 0 rings (SSSR count). The van der Waals surface area contributed by atoms with E-state index in [1.54, 1.807) is 6.92 Å². The Labute approximate surface area is 122 Å². The molecule has 0 aromatic heterocycles. The summed E-state index contributed by atoms with van der Waals surface area (Å²) in [6.07, 6.45) is 8.11. The third-order valence-electron chi connectivity index (χ3n) is 3.10. The maximum Gasteiger partial charge on any atom is 0.303 e. The van der Waals surface area contributed by atoms with Crippen molar-refractivity contribution in [3.05, 3.63) is 35.5 Å². The third kappa shape index (κ3) is 10.3. The average Bonchev–Trinajstić information content (AvgIpc) is 2.35. The van der Waals surface area contributed by atoms with E-state index in [9.17, 15) is 9.59 Å². The van der Waals surface area contributed by atoms with E-state index in [0.29, 0.717) is 18.4 Å². The highest BCUT2D eigenvalue weighted by atomic mass is 16.4. The maximum absolute atomic E-state index is 11.4. The molecule has 0 aliphatic heterocycles. The Kier molecular flexibility index (Phi) is 9.35. The van der Waals surface area contributed by atoms with Crippen LogP contribution in [0.5, 0.6) is 0 Å². The van der Waals surface area contributed by atoms with E-state index in [2.05, 4.69) is 12.7 Å². The zero-order valence-corrected chi connectivity index (χ0v) is 12.9. The number of hydrogen-bond donors (Lipinski definition) is 1. The molecule has 1 N–H and O–H groups in total. The SMILES string of the molecule is C=C(C)C(=O)CC/C(C)=C\CC/C(C)=C/CCC(=O)O. The number of aliphatic carboxylic acids is 1. The molecule has 3 heteroatoms. The van der Waals surface area contributed by atoms with Gasteiger partial charge in [0.1, 0.15) is 0 Å². The highest BCUT2D eigenvalue weighted by Crippen LogP contribution is 2.12. The zero-order valence-electron chi connectivity index (χ0n) is 12.9. The van der Waals surface area contributed by atoms with E-state index in [1.807, 2.05) is 19.9 Å². The van der Waals surface area contributed by atoms with Crippen LogP contribution in [-0.4, -0.2) is 16.9 Å². The van der Waals surface area contributed by atoms with Gasteiger partial charge in [0, 0.05) is 12.8 Å². The van der Waals surface area contributed by atoms with Crippen LogP contribution in [0, 0.1) is 0 Å². The van der Waals surface area contributed by atoms with Gasteiger partial charge in [0.05, 0.1) is 0 Å². The van der Waals surface area contributed by atoms with Gasteiger partial charge in [-0.3, -0.25) is 9.59 Å². The molecule has 0 fully saturated rings. The number of ketones is 1. The maximum atomic E-state index is 11.4. The van der Waals surface area contributed by atoms with Crippen LogP contribution in [0.2, 0.25) is 0 Å². The molecule has 0 bridgehead atoms. The number of carbonyl (C=O) groups excluding carboxylic acids is 1. The largest absolute Gasteiger partial charge is 0.481 e. The predicted octanol–water partition coefficient (Wildman–Crippen LogP) is 4.45. The molecule has 0 spiro atoms. The van der Waals surface area contributed by atoms with Gasteiger partial charge in [-0.2, -0.15) is 0 Å². The van der Waals surface area contributed by atoms with Crippen LogP contribution in [-0.2, 0) is 9.59 Å². The second-order valence-electron chi connectivity index (χ2n) is 5.28. The fourth-order valence-electron chi connectivity index (χ4n) is 1.72. The summed E-state index contributed by atoms with van der Waals surface area (Å²) in [6, 6.07) is 0. The molecule has 0 amide bonds. The first-order valence-corrected chi connectivity index (χ1v) is 7.04. The van der Waals surface area contributed by atoms with Gasteiger partial charge in [0.15, 0.2) is 5.78 Å². The van der Waals surface area contributed by atoms with Gasteiger partial charge in [-0.25, -0.2) is 0 Å². The third-order valence-corrected chi connectivity index (χ3v) is 3.10. The normalized spacial score (nSPS) is 12.3. The summed E-state index contributed by atoms with van der Waals surface area (Å²) in [5.41, 5.74) is 3.06. The Morgan fingerprint density at radius 1 is 0.900 bits per heavy atom. The zero-order chi connectivity index (χ0) is 15.5. The number of carboxylic acid groups (broad SMARTS) is 1. The Hall–Kier alpha value is -1.64. The molecular weight excluding hydrogens is 252 g/mol. The van der Waals surface area contributed by atoms with E-state index < -0.39 is 5.97 Å². The highest BCUT2D eigenvalue weighted by Gasteiger charge is 2.02. The number of carbonyl (C=O) groups is 2. The summed E-state index contributed by atoms with van der Waals surface area (Å²) in [4.78, 5) is 21.8. The molecule has 0 aliphatic carbocycles. The van der Waals surface area contributed by atoms with E-state index in [0.717, 1.165) is 19.3 Å². The Bertz CT molecular complexity index is 414. The lowest BCUT2D eigenvalue weighted by molar-refractivity contribution is -0.136. The molecular formula is C17H26O3. The molecule has 0 aromatic rings. The molecule has 0 aromatic carbocycles. The van der Waals surface area contributed by atoms with E-state index >= 15 is 0 Å². The van der Waals surface area contributed by atoms with Crippen molar-refractivity contribution in [2.75, 3.05) is 0 Å². The van der Waals surface area contributed by atoms with Crippen LogP contribution in [0.4, 0.5) is 0 Å². The predicted molar refractivity (Wildman–Crippen MR) is 82.7 cm³/mol. The minimum atomic E-state index is -0.757. The number of Topliss-reactive ketones (excluding diaryl/α,β-unsaturated/α-hetero) is 1. The van der Waals surface area contributed by atoms with Crippen molar-refractivity contribution in [1.82, 2.24) is 0 Å². The number of carboxylic acids is 1. The fourth-order valence-corrected chi connectivity index (χ4v) is 1.72. The summed E-state index contributed by atoms with van der Waals surface area (Å²) >= 11 is 0. The molecule has 3 nitrogen and oxygen atoms in total. The second-order valence-corrected chi connectivity index (χ2v) is 5.28. The Balaban J connectivity index is 3.95. The van der Waals surface area contributed by atoms with Crippen molar-refractivity contribution in [3.8, 4) is 0 Å². The number of allylic oxidation sites excluding steroid dienone is 5. The fraction of sp³-hybridized carbons (Fsp3) is 0.529. The van der Waals surface area contributed by atoms with Gasteiger partial charge in [0.25, 0.3) is 0 Å². The lowest BCUT2D eigenvalue weighted by Gasteiger charge is -2.02. The first-order chi connectivity index (χ1) is 9.32. The standard InChI is InChI=1S/C17H26O3/c1-13(2)16(18)12-11-15(4)8-5-7-14(3)9-6-10-17(19)20/h8-9H,1,5-7,10-12H2,2-4H3,(H,19,20)/b14-9+,15-8-.